The van der Waals surface area contributed by atoms with Gasteiger partial charge in [0.1, 0.15) is 17.6 Å². The zero-order valence-corrected chi connectivity index (χ0v) is 11.4. The van der Waals surface area contributed by atoms with Crippen LogP contribution < -0.4 is 4.90 Å². The molecule has 0 aliphatic carbocycles. The predicted molar refractivity (Wildman–Crippen MR) is 70.1 cm³/mol. The Morgan fingerprint density at radius 3 is 2.57 bits per heavy atom. The molecule has 1 aromatic heterocycles. The van der Waals surface area contributed by atoms with Crippen LogP contribution in [0.5, 0.6) is 0 Å². The lowest BCUT2D eigenvalue weighted by atomic mass is 10.2. The molecule has 0 aliphatic rings. The number of anilines is 1. The minimum atomic E-state index is -4.68. The van der Waals surface area contributed by atoms with Crippen molar-refractivity contribution in [3.8, 4) is 0 Å². The number of pyridine rings is 1. The molecule has 0 saturated heterocycles. The van der Waals surface area contributed by atoms with Gasteiger partial charge in [0, 0.05) is 13.1 Å². The molecule has 1 rings (SSSR count). The molecule has 21 heavy (non-hydrogen) atoms. The van der Waals surface area contributed by atoms with Gasteiger partial charge in [0.15, 0.2) is 0 Å². The molecule has 1 heterocycles. The van der Waals surface area contributed by atoms with Gasteiger partial charge in [-0.15, -0.1) is 0 Å². The second-order valence-corrected chi connectivity index (χ2v) is 4.38. The fourth-order valence-corrected chi connectivity index (χ4v) is 1.81. The van der Waals surface area contributed by atoms with E-state index in [0.717, 1.165) is 6.42 Å². The molecular formula is C12H16F3N3O3. The Bertz CT molecular complexity index is 494. The first-order valence-corrected chi connectivity index (χ1v) is 6.38. The maximum Gasteiger partial charge on any atom is 0.433 e. The highest BCUT2D eigenvalue weighted by atomic mass is 19.4. The van der Waals surface area contributed by atoms with Crippen LogP contribution in [0.15, 0.2) is 12.3 Å². The SMILES string of the molecule is CCCCN(CCO)c1cc(C(F)(F)F)ncc1[N+](=O)[O-]. The number of hydrogen-bond donors (Lipinski definition) is 1. The Hall–Kier alpha value is -1.90. The van der Waals surface area contributed by atoms with E-state index in [0.29, 0.717) is 25.2 Å². The number of halogens is 3. The van der Waals surface area contributed by atoms with E-state index in [4.69, 9.17) is 5.11 Å². The van der Waals surface area contributed by atoms with E-state index >= 15 is 0 Å². The quantitative estimate of drug-likeness (QED) is 0.618. The van der Waals surface area contributed by atoms with Crippen molar-refractivity contribution < 1.29 is 23.2 Å². The molecule has 1 N–H and O–H groups in total. The zero-order valence-electron chi connectivity index (χ0n) is 11.4. The Morgan fingerprint density at radius 2 is 2.10 bits per heavy atom. The van der Waals surface area contributed by atoms with Crippen molar-refractivity contribution in [3.63, 3.8) is 0 Å². The smallest absolute Gasteiger partial charge is 0.395 e. The molecule has 0 fully saturated rings. The van der Waals surface area contributed by atoms with Crippen molar-refractivity contribution >= 4 is 11.4 Å². The molecule has 6 nitrogen and oxygen atoms in total. The molecule has 0 aliphatic heterocycles. The fraction of sp³-hybridized carbons (Fsp3) is 0.583. The van der Waals surface area contributed by atoms with E-state index < -0.39 is 22.5 Å². The summed E-state index contributed by atoms with van der Waals surface area (Å²) in [5.74, 6) is 0. The lowest BCUT2D eigenvalue weighted by Gasteiger charge is -2.24. The first-order valence-electron chi connectivity index (χ1n) is 6.38. The highest BCUT2D eigenvalue weighted by molar-refractivity contribution is 5.63. The lowest BCUT2D eigenvalue weighted by Crippen LogP contribution is -2.29. The molecule has 0 unspecified atom stereocenters. The molecule has 0 aromatic carbocycles. The molecule has 0 amide bonds. The van der Waals surface area contributed by atoms with Gasteiger partial charge in [-0.05, 0) is 12.5 Å². The van der Waals surface area contributed by atoms with Crippen LogP contribution >= 0.6 is 0 Å². The number of aliphatic hydroxyl groups is 1. The first-order chi connectivity index (χ1) is 9.81. The Morgan fingerprint density at radius 1 is 1.43 bits per heavy atom. The number of nitrogens with zero attached hydrogens (tertiary/aromatic N) is 3. The Balaban J connectivity index is 3.28. The van der Waals surface area contributed by atoms with Crippen molar-refractivity contribution in [2.45, 2.75) is 25.9 Å². The molecule has 0 saturated carbocycles. The van der Waals surface area contributed by atoms with Crippen molar-refractivity contribution in [1.82, 2.24) is 4.98 Å². The largest absolute Gasteiger partial charge is 0.433 e. The van der Waals surface area contributed by atoms with Crippen LogP contribution in [0.1, 0.15) is 25.5 Å². The minimum Gasteiger partial charge on any atom is -0.395 e. The van der Waals surface area contributed by atoms with Crippen LogP contribution in [0.4, 0.5) is 24.5 Å². The summed E-state index contributed by atoms with van der Waals surface area (Å²) in [5.41, 5.74) is -1.88. The van der Waals surface area contributed by atoms with Gasteiger partial charge in [-0.1, -0.05) is 13.3 Å². The summed E-state index contributed by atoms with van der Waals surface area (Å²) in [6.07, 6.45) is -2.66. The van der Waals surface area contributed by atoms with Crippen molar-refractivity contribution in [2.24, 2.45) is 0 Å². The van der Waals surface area contributed by atoms with E-state index in [9.17, 15) is 23.3 Å². The van der Waals surface area contributed by atoms with Gasteiger partial charge in [-0.25, -0.2) is 4.98 Å². The molecule has 0 radical (unpaired) electrons. The number of unbranched alkanes of at least 4 members (excludes halogenated alkanes) is 1. The highest BCUT2D eigenvalue weighted by Gasteiger charge is 2.35. The van der Waals surface area contributed by atoms with Gasteiger partial charge in [0.25, 0.3) is 0 Å². The average molecular weight is 307 g/mol. The van der Waals surface area contributed by atoms with Crippen molar-refractivity contribution in [2.75, 3.05) is 24.6 Å². The second kappa shape index (κ2) is 7.21. The van der Waals surface area contributed by atoms with Crippen LogP contribution in [0, 0.1) is 10.1 Å². The van der Waals surface area contributed by atoms with Crippen LogP contribution in [-0.4, -0.2) is 34.7 Å². The first kappa shape index (κ1) is 17.2. The molecule has 0 spiro atoms. The van der Waals surface area contributed by atoms with Crippen LogP contribution in [-0.2, 0) is 6.18 Å². The molecule has 9 heteroatoms. The van der Waals surface area contributed by atoms with E-state index in [-0.39, 0.29) is 18.8 Å². The number of alkyl halides is 3. The number of hydrogen-bond acceptors (Lipinski definition) is 5. The summed E-state index contributed by atoms with van der Waals surface area (Å²) in [4.78, 5) is 14.7. The highest BCUT2D eigenvalue weighted by Crippen LogP contribution is 2.34. The molecule has 0 bridgehead atoms. The second-order valence-electron chi connectivity index (χ2n) is 4.38. The summed E-state index contributed by atoms with van der Waals surface area (Å²) in [7, 11) is 0. The van der Waals surface area contributed by atoms with Crippen LogP contribution in [0.3, 0.4) is 0 Å². The van der Waals surface area contributed by atoms with E-state index in [2.05, 4.69) is 4.98 Å². The third-order valence-electron chi connectivity index (χ3n) is 2.84. The summed E-state index contributed by atoms with van der Waals surface area (Å²) in [5, 5.41) is 20.0. The molecule has 118 valence electrons. The number of aromatic nitrogens is 1. The topological polar surface area (TPSA) is 79.5 Å². The fourth-order valence-electron chi connectivity index (χ4n) is 1.81. The van der Waals surface area contributed by atoms with Gasteiger partial charge in [-0.3, -0.25) is 10.1 Å². The normalized spacial score (nSPS) is 11.5. The van der Waals surface area contributed by atoms with Crippen LogP contribution in [0.25, 0.3) is 0 Å². The number of aliphatic hydroxyl groups excluding tert-OH is 1. The standard InChI is InChI=1S/C12H16F3N3O3/c1-2-3-4-17(5-6-19)9-7-11(12(13,14)15)16-8-10(9)18(20)21/h7-8,19H,2-6H2,1H3. The maximum atomic E-state index is 12.7. The van der Waals surface area contributed by atoms with E-state index in [1.165, 1.54) is 4.90 Å². The monoisotopic (exact) mass is 307 g/mol. The zero-order chi connectivity index (χ0) is 16.0. The van der Waals surface area contributed by atoms with Crippen LogP contribution in [0.2, 0.25) is 0 Å². The summed E-state index contributed by atoms with van der Waals surface area (Å²) < 4.78 is 38.1. The van der Waals surface area contributed by atoms with Gasteiger partial charge < -0.3 is 10.0 Å². The third kappa shape index (κ3) is 4.55. The third-order valence-corrected chi connectivity index (χ3v) is 2.84. The minimum absolute atomic E-state index is 0.0160. The van der Waals surface area contributed by atoms with Gasteiger partial charge >= 0.3 is 11.9 Å². The summed E-state index contributed by atoms with van der Waals surface area (Å²) in [6, 6.07) is 0.656. The van der Waals surface area contributed by atoms with Gasteiger partial charge in [0.05, 0.1) is 11.5 Å². The number of nitro groups is 1. The molecular weight excluding hydrogens is 291 g/mol. The molecule has 0 atom stereocenters. The molecule has 1 aromatic rings. The van der Waals surface area contributed by atoms with E-state index in [1.54, 1.807) is 0 Å². The van der Waals surface area contributed by atoms with Crippen molar-refractivity contribution in [1.29, 1.82) is 0 Å². The summed E-state index contributed by atoms with van der Waals surface area (Å²) in [6.45, 7) is 1.91. The average Bonchev–Trinajstić information content (AvgIpc) is 2.41. The Kier molecular flexibility index (Phi) is 5.89. The Labute approximate surface area is 119 Å². The lowest BCUT2D eigenvalue weighted by molar-refractivity contribution is -0.384. The van der Waals surface area contributed by atoms with E-state index in [1.807, 2.05) is 6.92 Å². The number of rotatable bonds is 7. The van der Waals surface area contributed by atoms with Gasteiger partial charge in [0.2, 0.25) is 0 Å². The van der Waals surface area contributed by atoms with Crippen molar-refractivity contribution in [3.05, 3.63) is 28.1 Å². The maximum absolute atomic E-state index is 12.7. The van der Waals surface area contributed by atoms with Gasteiger partial charge in [-0.2, -0.15) is 13.2 Å². The summed E-state index contributed by atoms with van der Waals surface area (Å²) >= 11 is 0. The predicted octanol–water partition coefficient (Wildman–Crippen LogP) is 2.61.